The molecule has 1 aromatic rings. The summed E-state index contributed by atoms with van der Waals surface area (Å²) in [5.74, 6) is 1.98. The van der Waals surface area contributed by atoms with Gasteiger partial charge in [0.2, 0.25) is 0 Å². The summed E-state index contributed by atoms with van der Waals surface area (Å²) in [4.78, 5) is 6.55. The van der Waals surface area contributed by atoms with Gasteiger partial charge in [-0.1, -0.05) is 12.2 Å². The second kappa shape index (κ2) is 5.25. The third-order valence-corrected chi connectivity index (χ3v) is 3.80. The predicted molar refractivity (Wildman–Crippen MR) is 73.0 cm³/mol. The van der Waals surface area contributed by atoms with E-state index in [0.29, 0.717) is 5.92 Å². The zero-order valence-corrected chi connectivity index (χ0v) is 10.5. The average Bonchev–Trinajstić information content (AvgIpc) is 2.49. The number of allylic oxidation sites excluding steroid dienone is 2. The van der Waals surface area contributed by atoms with Crippen LogP contribution >= 0.6 is 0 Å². The van der Waals surface area contributed by atoms with Crippen LogP contribution in [0.1, 0.15) is 24.3 Å². The van der Waals surface area contributed by atoms with Crippen molar-refractivity contribution in [3.05, 3.63) is 54.1 Å². The van der Waals surface area contributed by atoms with E-state index in [-0.39, 0.29) is 0 Å². The molecular weight excluding hydrogens is 222 g/mol. The maximum atomic E-state index is 4.09. The Hall–Kier alpha value is -1.77. The molecule has 3 heteroatoms. The third-order valence-electron chi connectivity index (χ3n) is 3.80. The first-order valence-corrected chi connectivity index (χ1v) is 6.69. The first-order chi connectivity index (χ1) is 8.93. The van der Waals surface area contributed by atoms with Crippen molar-refractivity contribution in [2.75, 3.05) is 19.6 Å². The lowest BCUT2D eigenvalue weighted by atomic mass is 9.90. The summed E-state index contributed by atoms with van der Waals surface area (Å²) >= 11 is 0. The average molecular weight is 241 g/mol. The fourth-order valence-corrected chi connectivity index (χ4v) is 2.76. The lowest BCUT2D eigenvalue weighted by Gasteiger charge is -2.36. The monoisotopic (exact) mass is 241 g/mol. The van der Waals surface area contributed by atoms with Crippen molar-refractivity contribution in [3.63, 3.8) is 0 Å². The van der Waals surface area contributed by atoms with Crippen LogP contribution < -0.4 is 5.32 Å². The SMILES string of the molecule is C1=CCNC(N2CCC(c3ccncc3)CC2)=C1. The van der Waals surface area contributed by atoms with Crippen LogP contribution in [0.25, 0.3) is 0 Å². The van der Waals surface area contributed by atoms with E-state index in [1.54, 1.807) is 0 Å². The first-order valence-electron chi connectivity index (χ1n) is 6.69. The van der Waals surface area contributed by atoms with Crippen LogP contribution in [0.3, 0.4) is 0 Å². The standard InChI is InChI=1S/C15H19N3/c1-2-8-17-15(3-1)18-11-6-14(7-12-18)13-4-9-16-10-5-13/h1-5,9-10,14,17H,6-8,11-12H2. The third kappa shape index (κ3) is 2.40. The summed E-state index contributed by atoms with van der Waals surface area (Å²) in [6.07, 6.45) is 12.7. The minimum absolute atomic E-state index is 0.698. The summed E-state index contributed by atoms with van der Waals surface area (Å²) in [6, 6.07) is 4.31. The molecule has 2 aliphatic rings. The maximum Gasteiger partial charge on any atom is 0.101 e. The highest BCUT2D eigenvalue weighted by Gasteiger charge is 2.21. The second-order valence-electron chi connectivity index (χ2n) is 4.90. The molecular formula is C15H19N3. The highest BCUT2D eigenvalue weighted by Crippen LogP contribution is 2.28. The predicted octanol–water partition coefficient (Wildman–Crippen LogP) is 2.26. The number of aromatic nitrogens is 1. The van der Waals surface area contributed by atoms with Crippen LogP contribution in [-0.2, 0) is 0 Å². The fourth-order valence-electron chi connectivity index (χ4n) is 2.76. The topological polar surface area (TPSA) is 28.2 Å². The van der Waals surface area contributed by atoms with Crippen molar-refractivity contribution in [1.29, 1.82) is 0 Å². The van der Waals surface area contributed by atoms with Crippen molar-refractivity contribution in [2.24, 2.45) is 0 Å². The number of hydrogen-bond donors (Lipinski definition) is 1. The Balaban J connectivity index is 1.61. The van der Waals surface area contributed by atoms with Crippen molar-refractivity contribution in [3.8, 4) is 0 Å². The molecule has 0 spiro atoms. The van der Waals surface area contributed by atoms with E-state index < -0.39 is 0 Å². The van der Waals surface area contributed by atoms with E-state index in [1.165, 1.54) is 24.2 Å². The maximum absolute atomic E-state index is 4.09. The van der Waals surface area contributed by atoms with E-state index in [0.717, 1.165) is 19.6 Å². The Morgan fingerprint density at radius 3 is 2.61 bits per heavy atom. The van der Waals surface area contributed by atoms with Crippen LogP contribution in [0.4, 0.5) is 0 Å². The molecule has 1 N–H and O–H groups in total. The lowest BCUT2D eigenvalue weighted by Crippen LogP contribution is -2.38. The molecule has 0 saturated carbocycles. The Labute approximate surface area is 108 Å². The number of likely N-dealkylation sites (tertiary alicyclic amines) is 1. The Kier molecular flexibility index (Phi) is 3.31. The van der Waals surface area contributed by atoms with Crippen LogP contribution in [-0.4, -0.2) is 29.5 Å². The summed E-state index contributed by atoms with van der Waals surface area (Å²) in [5, 5.41) is 3.43. The summed E-state index contributed by atoms with van der Waals surface area (Å²) in [7, 11) is 0. The van der Waals surface area contributed by atoms with Crippen molar-refractivity contribution in [1.82, 2.24) is 15.2 Å². The zero-order chi connectivity index (χ0) is 12.2. The van der Waals surface area contributed by atoms with Gasteiger partial charge in [-0.25, -0.2) is 0 Å². The smallest absolute Gasteiger partial charge is 0.101 e. The highest BCUT2D eigenvalue weighted by molar-refractivity contribution is 5.19. The minimum Gasteiger partial charge on any atom is -0.368 e. The van der Waals surface area contributed by atoms with Gasteiger partial charge in [0.15, 0.2) is 0 Å². The largest absolute Gasteiger partial charge is 0.368 e. The summed E-state index contributed by atoms with van der Waals surface area (Å²) in [6.45, 7) is 3.23. The molecule has 0 amide bonds. The van der Waals surface area contributed by atoms with Crippen LogP contribution in [0.2, 0.25) is 0 Å². The minimum atomic E-state index is 0.698. The van der Waals surface area contributed by atoms with Crippen molar-refractivity contribution in [2.45, 2.75) is 18.8 Å². The molecule has 94 valence electrons. The van der Waals surface area contributed by atoms with Gasteiger partial charge < -0.3 is 10.2 Å². The van der Waals surface area contributed by atoms with Crippen LogP contribution in [0.15, 0.2) is 48.6 Å². The first kappa shape index (κ1) is 11.3. The van der Waals surface area contributed by atoms with Gasteiger partial charge in [0, 0.05) is 32.0 Å². The van der Waals surface area contributed by atoms with Crippen molar-refractivity contribution >= 4 is 0 Å². The number of nitrogens with zero attached hydrogens (tertiary/aromatic N) is 2. The number of nitrogens with one attached hydrogen (secondary N) is 1. The Bertz CT molecular complexity index is 442. The number of hydrogen-bond acceptors (Lipinski definition) is 3. The van der Waals surface area contributed by atoms with Gasteiger partial charge in [-0.3, -0.25) is 4.98 Å². The van der Waals surface area contributed by atoms with E-state index >= 15 is 0 Å². The van der Waals surface area contributed by atoms with E-state index in [4.69, 9.17) is 0 Å². The van der Waals surface area contributed by atoms with Gasteiger partial charge in [0.1, 0.15) is 5.82 Å². The zero-order valence-electron chi connectivity index (χ0n) is 10.5. The normalized spacial score (nSPS) is 20.4. The van der Waals surface area contributed by atoms with E-state index in [1.807, 2.05) is 12.4 Å². The molecule has 3 heterocycles. The molecule has 0 radical (unpaired) electrons. The molecule has 0 aromatic carbocycles. The van der Waals surface area contributed by atoms with Gasteiger partial charge in [0.05, 0.1) is 0 Å². The van der Waals surface area contributed by atoms with Crippen LogP contribution in [0, 0.1) is 0 Å². The fraction of sp³-hybridized carbons (Fsp3) is 0.400. The summed E-state index contributed by atoms with van der Waals surface area (Å²) < 4.78 is 0. The molecule has 2 aliphatic heterocycles. The number of piperidine rings is 1. The molecule has 3 nitrogen and oxygen atoms in total. The number of rotatable bonds is 2. The number of dihydropyridines is 1. The molecule has 1 fully saturated rings. The molecule has 0 aliphatic carbocycles. The molecule has 0 bridgehead atoms. The molecule has 1 saturated heterocycles. The van der Waals surface area contributed by atoms with Gasteiger partial charge >= 0.3 is 0 Å². The van der Waals surface area contributed by atoms with E-state index in [9.17, 15) is 0 Å². The molecule has 3 rings (SSSR count). The summed E-state index contributed by atoms with van der Waals surface area (Å²) in [5.41, 5.74) is 1.44. The second-order valence-corrected chi connectivity index (χ2v) is 4.90. The molecule has 0 atom stereocenters. The van der Waals surface area contributed by atoms with Gasteiger partial charge in [-0.05, 0) is 42.5 Å². The van der Waals surface area contributed by atoms with Gasteiger partial charge in [-0.2, -0.15) is 0 Å². The van der Waals surface area contributed by atoms with Gasteiger partial charge in [0.25, 0.3) is 0 Å². The lowest BCUT2D eigenvalue weighted by molar-refractivity contribution is 0.249. The quantitative estimate of drug-likeness (QED) is 0.861. The molecule has 18 heavy (non-hydrogen) atoms. The molecule has 0 unspecified atom stereocenters. The molecule has 1 aromatic heterocycles. The van der Waals surface area contributed by atoms with Crippen molar-refractivity contribution < 1.29 is 0 Å². The highest BCUT2D eigenvalue weighted by atomic mass is 15.2. The Morgan fingerprint density at radius 2 is 1.94 bits per heavy atom. The Morgan fingerprint density at radius 1 is 1.17 bits per heavy atom. The van der Waals surface area contributed by atoms with Crippen LogP contribution in [0.5, 0.6) is 0 Å². The van der Waals surface area contributed by atoms with E-state index in [2.05, 4.69) is 45.6 Å². The van der Waals surface area contributed by atoms with Gasteiger partial charge in [-0.15, -0.1) is 0 Å². The number of pyridine rings is 1.